The van der Waals surface area contributed by atoms with Gasteiger partial charge in [0.25, 0.3) is 0 Å². The third-order valence-electron chi connectivity index (χ3n) is 0. The van der Waals surface area contributed by atoms with Crippen molar-refractivity contribution in [3.63, 3.8) is 0 Å². The molecule has 0 aliphatic heterocycles. The first-order chi connectivity index (χ1) is 3.73. The van der Waals surface area contributed by atoms with Crippen LogP contribution in [0.25, 0.3) is 0 Å². The third-order valence-corrected chi connectivity index (χ3v) is 0. The van der Waals surface area contributed by atoms with Gasteiger partial charge in [-0.25, -0.2) is 0 Å². The Balaban J connectivity index is -0.0000000910. The molecule has 0 saturated carbocycles. The molecule has 0 aromatic carbocycles. The van der Waals surface area contributed by atoms with Crippen molar-refractivity contribution in [1.29, 1.82) is 0 Å². The van der Waals surface area contributed by atoms with Gasteiger partial charge in [0, 0.05) is 0 Å². The summed E-state index contributed by atoms with van der Waals surface area (Å²) in [6.45, 7) is 0. The minimum Gasteiger partial charge on any atom is -0.894 e. The molecule has 6 nitrogen and oxygen atoms in total. The van der Waals surface area contributed by atoms with Crippen LogP contribution in [0.4, 0.5) is 0 Å². The van der Waals surface area contributed by atoms with Crippen LogP contribution in [0.3, 0.4) is 0 Å². The Morgan fingerprint density at radius 3 is 1.10 bits per heavy atom. The van der Waals surface area contributed by atoms with Crippen LogP contribution in [0.2, 0.25) is 0 Å². The number of rotatable bonds is 0. The van der Waals surface area contributed by atoms with Crippen LogP contribution >= 0.6 is 4.97 Å². The van der Waals surface area contributed by atoms with Crippen molar-refractivity contribution < 1.29 is 82.0 Å². The Morgan fingerprint density at radius 2 is 1.10 bits per heavy atom. The Morgan fingerprint density at radius 1 is 1.10 bits per heavy atom. The maximum atomic E-state index is 9.08. The van der Waals surface area contributed by atoms with Gasteiger partial charge in [-0.05, 0) is 0 Å². The van der Waals surface area contributed by atoms with Crippen LogP contribution in [0.15, 0.2) is 0 Å². The van der Waals surface area contributed by atoms with Crippen molar-refractivity contribution in [2.75, 3.05) is 0 Å². The standard InChI is InChI=1S/Na.O4Si.O2P.Zr/c;1-5(2,3)4;1-3-2;/q+1;-4;;+3. The van der Waals surface area contributed by atoms with E-state index in [9.17, 15) is 0 Å². The minimum absolute atomic E-state index is 0. The molecule has 0 saturated heterocycles. The Hall–Kier alpha value is 1.84. The molecule has 0 aromatic rings. The maximum Gasteiger partial charge on any atom is 1.00 e. The second-order valence-electron chi connectivity index (χ2n) is 0.757. The van der Waals surface area contributed by atoms with E-state index in [2.05, 4.69) is 0 Å². The molecule has 50 valence electrons. The monoisotopic (exact) mass is 268 g/mol. The van der Waals surface area contributed by atoms with Crippen LogP contribution < -0.4 is 48.7 Å². The van der Waals surface area contributed by atoms with Gasteiger partial charge in [-0.15, -0.1) is 0 Å². The normalized spacial score (nSPS) is 8.60. The molecule has 0 radical (unpaired) electrons. The molecular formula is NaO6PSiZr. The Kier molecular flexibility index (Phi) is 15.9. The molecule has 0 unspecified atom stereocenters. The summed E-state index contributed by atoms with van der Waals surface area (Å²) >= 11 is 0.590. The summed E-state index contributed by atoms with van der Waals surface area (Å²) in [5.74, 6) is 0. The van der Waals surface area contributed by atoms with Crippen molar-refractivity contribution in [1.82, 2.24) is 0 Å². The van der Waals surface area contributed by atoms with Crippen molar-refractivity contribution in [2.24, 2.45) is 0 Å². The summed E-state index contributed by atoms with van der Waals surface area (Å²) in [5.41, 5.74) is 0. The summed E-state index contributed by atoms with van der Waals surface area (Å²) in [6, 6.07) is 0. The molecule has 0 aliphatic carbocycles. The minimum atomic E-state index is -5.61. The second kappa shape index (κ2) is 8.93. The largest absolute Gasteiger partial charge is 1.00 e. The summed E-state index contributed by atoms with van der Waals surface area (Å²) in [4.78, 5) is 32.3. The van der Waals surface area contributed by atoms with Gasteiger partial charge in [-0.1, -0.05) is 0 Å². The SMILES string of the molecule is O=[P](=O)[Zr+3].[Na+].[O-][Si]([O-])([O-])[O-]. The Labute approximate surface area is 95.0 Å². The van der Waals surface area contributed by atoms with Gasteiger partial charge in [0.05, 0.1) is 0 Å². The zero-order valence-electron chi connectivity index (χ0n) is 4.90. The summed E-state index contributed by atoms with van der Waals surface area (Å²) in [5, 5.41) is 0. The zero-order chi connectivity index (χ0) is 8.08. The van der Waals surface area contributed by atoms with E-state index < -0.39 is 14.0 Å². The van der Waals surface area contributed by atoms with Gasteiger partial charge >= 0.3 is 67.8 Å². The predicted octanol–water partition coefficient (Wildman–Crippen LogP) is -7.51. The van der Waals surface area contributed by atoms with E-state index >= 15 is 0 Å². The summed E-state index contributed by atoms with van der Waals surface area (Å²) in [7, 11) is -5.61. The molecule has 0 heterocycles. The van der Waals surface area contributed by atoms with Crippen molar-refractivity contribution in [2.45, 2.75) is 0 Å². The third kappa shape index (κ3) is 227. The van der Waals surface area contributed by atoms with E-state index in [-0.39, 0.29) is 29.6 Å². The van der Waals surface area contributed by atoms with Crippen molar-refractivity contribution in [3.8, 4) is 0 Å². The van der Waals surface area contributed by atoms with Gasteiger partial charge in [0.15, 0.2) is 0 Å². The molecular weight excluding hydrogens is 269 g/mol. The van der Waals surface area contributed by atoms with Gasteiger partial charge in [-0.3, -0.25) is 0 Å². The van der Waals surface area contributed by atoms with Gasteiger partial charge < -0.3 is 28.2 Å². The first-order valence-electron chi connectivity index (χ1n) is 1.41. The van der Waals surface area contributed by atoms with Crippen LogP contribution in [0, 0.1) is 0 Å². The fraction of sp³-hybridized carbons (Fsp3) is 0. The van der Waals surface area contributed by atoms with Gasteiger partial charge in [0.1, 0.15) is 0 Å². The van der Waals surface area contributed by atoms with Crippen LogP contribution in [0.1, 0.15) is 0 Å². The average molecular weight is 269 g/mol. The van der Waals surface area contributed by atoms with Crippen LogP contribution in [0.5, 0.6) is 0 Å². The van der Waals surface area contributed by atoms with Crippen LogP contribution in [-0.4, -0.2) is 9.05 Å². The van der Waals surface area contributed by atoms with E-state index in [4.69, 9.17) is 28.3 Å². The zero-order valence-corrected chi connectivity index (χ0v) is 11.2. The van der Waals surface area contributed by atoms with E-state index in [1.807, 2.05) is 0 Å². The average Bonchev–Trinajstić information content (AvgIpc) is 1.19. The number of hydrogen-bond acceptors (Lipinski definition) is 6. The molecule has 0 bridgehead atoms. The topological polar surface area (TPSA) is 126 Å². The fourth-order valence-electron chi connectivity index (χ4n) is 0. The van der Waals surface area contributed by atoms with E-state index in [0.29, 0.717) is 24.1 Å². The fourth-order valence-corrected chi connectivity index (χ4v) is 0. The van der Waals surface area contributed by atoms with Crippen molar-refractivity contribution >= 4 is 14.0 Å². The molecule has 0 rings (SSSR count). The molecule has 0 fully saturated rings. The van der Waals surface area contributed by atoms with Crippen LogP contribution in [-0.2, 0) is 33.3 Å². The molecule has 10 heteroatoms. The van der Waals surface area contributed by atoms with E-state index in [1.165, 1.54) is 0 Å². The summed E-state index contributed by atoms with van der Waals surface area (Å²) < 4.78 is 18.2. The van der Waals surface area contributed by atoms with Gasteiger partial charge in [-0.2, -0.15) is 0 Å². The Bertz CT molecular complexity index is 112. The molecule has 0 aliphatic rings. The van der Waals surface area contributed by atoms with Crippen molar-refractivity contribution in [3.05, 3.63) is 0 Å². The molecule has 10 heavy (non-hydrogen) atoms. The summed E-state index contributed by atoms with van der Waals surface area (Å²) in [6.07, 6.45) is 0. The quantitative estimate of drug-likeness (QED) is 0.317. The predicted molar refractivity (Wildman–Crippen MR) is 14.0 cm³/mol. The van der Waals surface area contributed by atoms with E-state index in [1.54, 1.807) is 0 Å². The first-order valence-corrected chi connectivity index (χ1v) is 7.51. The molecule has 0 aromatic heterocycles. The number of hydrogen-bond donors (Lipinski definition) is 0. The molecule has 0 atom stereocenters. The molecule has 0 amide bonds. The molecule has 0 N–H and O–H groups in total. The second-order valence-corrected chi connectivity index (χ2v) is 4.96. The smallest absolute Gasteiger partial charge is 0.894 e. The molecule has 0 spiro atoms. The maximum absolute atomic E-state index is 9.08. The first kappa shape index (κ1) is 17.8. The van der Waals surface area contributed by atoms with E-state index in [0.717, 1.165) is 0 Å². The van der Waals surface area contributed by atoms with Gasteiger partial charge in [0.2, 0.25) is 0 Å².